The Morgan fingerprint density at radius 3 is 2.59 bits per heavy atom. The summed E-state index contributed by atoms with van der Waals surface area (Å²) in [4.78, 5) is 20.1. The second-order valence-electron chi connectivity index (χ2n) is 15.4. The minimum atomic E-state index is 0.205. The second kappa shape index (κ2) is 17.8. The van der Waals surface area contributed by atoms with Crippen molar-refractivity contribution < 1.29 is 0 Å². The van der Waals surface area contributed by atoms with Crippen molar-refractivity contribution in [2.75, 3.05) is 25.0 Å². The van der Waals surface area contributed by atoms with Crippen molar-refractivity contribution in [3.05, 3.63) is 113 Å². The molecule has 5 nitrogen and oxygen atoms in total. The Bertz CT molecular complexity index is 1740. The summed E-state index contributed by atoms with van der Waals surface area (Å²) in [6, 6.07) is 0.205. The summed E-state index contributed by atoms with van der Waals surface area (Å²) in [5, 5.41) is 0. The lowest BCUT2D eigenvalue weighted by molar-refractivity contribution is 0.335. The lowest BCUT2D eigenvalue weighted by Gasteiger charge is -2.39. The number of aliphatic imine (C=N–C) groups is 2. The lowest BCUT2D eigenvalue weighted by Crippen LogP contribution is -2.44. The van der Waals surface area contributed by atoms with E-state index in [0.29, 0.717) is 11.8 Å². The molecule has 2 heterocycles. The third-order valence-corrected chi connectivity index (χ3v) is 10.7. The molecule has 4 atom stereocenters. The van der Waals surface area contributed by atoms with Gasteiger partial charge in [-0.1, -0.05) is 105 Å². The van der Waals surface area contributed by atoms with Crippen LogP contribution < -0.4 is 4.90 Å². The van der Waals surface area contributed by atoms with E-state index in [1.807, 2.05) is 0 Å². The Morgan fingerprint density at radius 1 is 1.08 bits per heavy atom. The highest BCUT2D eigenvalue weighted by Gasteiger charge is 2.33. The van der Waals surface area contributed by atoms with Crippen molar-refractivity contribution in [3.8, 4) is 0 Å². The molecule has 0 radical (unpaired) electrons. The fourth-order valence-electron chi connectivity index (χ4n) is 7.55. The zero-order valence-electron chi connectivity index (χ0n) is 32.6. The first-order valence-corrected chi connectivity index (χ1v) is 19.2. The van der Waals surface area contributed by atoms with Gasteiger partial charge in [0.1, 0.15) is 11.5 Å². The van der Waals surface area contributed by atoms with E-state index in [1.165, 1.54) is 47.4 Å². The molecule has 3 aliphatic carbocycles. The third-order valence-electron chi connectivity index (χ3n) is 10.7. The Balaban J connectivity index is 1.45. The van der Waals surface area contributed by atoms with Crippen molar-refractivity contribution in [2.45, 2.75) is 93.0 Å². The topological polar surface area (TPSA) is 44.1 Å². The lowest BCUT2D eigenvalue weighted by atomic mass is 9.81. The number of hydrogen-bond donors (Lipinski definition) is 0. The van der Waals surface area contributed by atoms with Gasteiger partial charge in [-0.2, -0.15) is 0 Å². The van der Waals surface area contributed by atoms with E-state index in [1.54, 1.807) is 0 Å². The summed E-state index contributed by atoms with van der Waals surface area (Å²) in [6.07, 6.45) is 38.0. The zero-order valence-corrected chi connectivity index (χ0v) is 32.6. The number of allylic oxidation sites excluding steroid dienone is 13. The first-order valence-electron chi connectivity index (χ1n) is 19.2. The molecule has 0 bridgehead atoms. The van der Waals surface area contributed by atoms with Gasteiger partial charge in [-0.3, -0.25) is 9.98 Å². The van der Waals surface area contributed by atoms with Crippen LogP contribution in [0.15, 0.2) is 106 Å². The van der Waals surface area contributed by atoms with E-state index in [4.69, 9.17) is 9.98 Å². The molecule has 0 aromatic carbocycles. The van der Waals surface area contributed by atoms with E-state index in [2.05, 4.69) is 162 Å². The molecule has 5 heteroatoms. The molecule has 0 saturated carbocycles. The van der Waals surface area contributed by atoms with Crippen molar-refractivity contribution in [1.82, 2.24) is 9.88 Å². The Hall–Kier alpha value is -4.25. The summed E-state index contributed by atoms with van der Waals surface area (Å²) < 4.78 is 0. The molecule has 1 aromatic heterocycles. The fourth-order valence-corrected chi connectivity index (χ4v) is 7.55. The van der Waals surface area contributed by atoms with Gasteiger partial charge in [0, 0.05) is 43.7 Å². The van der Waals surface area contributed by atoms with Crippen molar-refractivity contribution in [3.63, 3.8) is 0 Å². The van der Waals surface area contributed by atoms with Gasteiger partial charge >= 0.3 is 0 Å². The van der Waals surface area contributed by atoms with Gasteiger partial charge in [-0.05, 0) is 107 Å². The molecule has 5 rings (SSSR count). The summed E-state index contributed by atoms with van der Waals surface area (Å²) in [7, 11) is 2.05. The average Bonchev–Trinajstić information content (AvgIpc) is 3.14. The van der Waals surface area contributed by atoms with Crippen LogP contribution in [0.2, 0.25) is 0 Å². The van der Waals surface area contributed by atoms with E-state index in [9.17, 15) is 0 Å². The number of anilines is 1. The molecule has 51 heavy (non-hydrogen) atoms. The number of nitrogens with zero attached hydrogens (tertiary/aromatic N) is 5. The summed E-state index contributed by atoms with van der Waals surface area (Å²) in [6.45, 7) is 21.4. The highest BCUT2D eigenvalue weighted by molar-refractivity contribution is 5.88. The monoisotopic (exact) mass is 683 g/mol. The Labute approximate surface area is 309 Å². The van der Waals surface area contributed by atoms with Gasteiger partial charge in [0.15, 0.2) is 5.82 Å². The van der Waals surface area contributed by atoms with E-state index >= 15 is 0 Å². The predicted molar refractivity (Wildman–Crippen MR) is 223 cm³/mol. The van der Waals surface area contributed by atoms with E-state index in [-0.39, 0.29) is 12.0 Å². The number of fused-ring (bicyclic) bond motifs is 1. The number of amidine groups is 1. The summed E-state index contributed by atoms with van der Waals surface area (Å²) in [5.41, 5.74) is 9.71. The number of pyridine rings is 1. The smallest absolute Gasteiger partial charge is 0.159 e. The van der Waals surface area contributed by atoms with Crippen LogP contribution >= 0.6 is 0 Å². The quantitative estimate of drug-likeness (QED) is 0.163. The largest absolute Gasteiger partial charge is 0.356 e. The number of hydrogen-bond acceptors (Lipinski definition) is 5. The van der Waals surface area contributed by atoms with Gasteiger partial charge in [-0.25, -0.2) is 4.98 Å². The van der Waals surface area contributed by atoms with Crippen LogP contribution in [-0.2, 0) is 6.42 Å². The summed E-state index contributed by atoms with van der Waals surface area (Å²) >= 11 is 0. The van der Waals surface area contributed by atoms with Crippen LogP contribution in [0.25, 0.3) is 11.6 Å². The van der Waals surface area contributed by atoms with Crippen LogP contribution in [0.4, 0.5) is 11.5 Å². The molecule has 0 spiro atoms. The SMILES string of the molecule is C=Nc1c(N(C)/C=C\C(C)C)nc(/C(C)=C/C=C\C)c2c1C=CC(C1CCN(C/C(C)=C/C=C(\C)C3=CC[C@H](C)CC3)C([C@@H]3C=CC=CC3)=N1)C2. The maximum absolute atomic E-state index is 5.62. The molecule has 0 fully saturated rings. The molecule has 0 saturated heterocycles. The number of rotatable bonds is 12. The van der Waals surface area contributed by atoms with Crippen LogP contribution in [0.5, 0.6) is 0 Å². The van der Waals surface area contributed by atoms with Crippen molar-refractivity contribution in [2.24, 2.45) is 33.7 Å². The van der Waals surface area contributed by atoms with Crippen LogP contribution in [0, 0.1) is 23.7 Å². The standard InChI is InChI=1S/C46H61N5/c1-10-11-15-36(7)43-41-30-39(24-25-40(41)44(47-8)46(49-43)50(9)28-26-32(2)3)42-27-29-51(45(48-42)38-16-13-12-14-17-38)31-34(5)18-21-35(6)37-22-19-33(4)20-23-37/h10-16,18,21-22,24-26,28,32-33,38-39,42H,8,17,19-20,23,27,29-31H2,1-7,9H3/b11-10-,28-26-,34-18+,35-21+,36-15+/t33-,38+,39?,42?/m0/s1. The van der Waals surface area contributed by atoms with E-state index < -0.39 is 0 Å². The molecular weight excluding hydrogens is 623 g/mol. The molecule has 4 aliphatic rings. The molecule has 2 unspecified atom stereocenters. The Kier molecular flexibility index (Phi) is 13.3. The number of aromatic nitrogens is 1. The molecule has 1 aliphatic heterocycles. The molecule has 0 N–H and O–H groups in total. The van der Waals surface area contributed by atoms with Gasteiger partial charge in [0.2, 0.25) is 0 Å². The molecular formula is C46H61N5. The first-order chi connectivity index (χ1) is 24.6. The zero-order chi connectivity index (χ0) is 36.5. The highest BCUT2D eigenvalue weighted by Crippen LogP contribution is 2.42. The van der Waals surface area contributed by atoms with Crippen LogP contribution in [0.3, 0.4) is 0 Å². The van der Waals surface area contributed by atoms with Crippen LogP contribution in [-0.4, -0.2) is 48.6 Å². The first kappa shape index (κ1) is 38.0. The van der Waals surface area contributed by atoms with Gasteiger partial charge < -0.3 is 9.80 Å². The maximum Gasteiger partial charge on any atom is 0.159 e. The minimum absolute atomic E-state index is 0.205. The van der Waals surface area contributed by atoms with Crippen LogP contribution in [0.1, 0.15) is 97.4 Å². The minimum Gasteiger partial charge on any atom is -0.356 e. The normalized spacial score (nSPS) is 24.4. The maximum atomic E-state index is 5.62. The fraction of sp³-hybridized carbons (Fsp3) is 0.457. The third kappa shape index (κ3) is 9.55. The highest BCUT2D eigenvalue weighted by atomic mass is 15.2. The summed E-state index contributed by atoms with van der Waals surface area (Å²) in [5.74, 6) is 3.89. The average molecular weight is 684 g/mol. The predicted octanol–water partition coefficient (Wildman–Crippen LogP) is 11.4. The van der Waals surface area contributed by atoms with Crippen molar-refractivity contribution in [1.29, 1.82) is 0 Å². The second-order valence-corrected chi connectivity index (χ2v) is 15.4. The molecule has 1 aromatic rings. The van der Waals surface area contributed by atoms with E-state index in [0.717, 1.165) is 66.6 Å². The van der Waals surface area contributed by atoms with Gasteiger partial charge in [0.25, 0.3) is 0 Å². The van der Waals surface area contributed by atoms with Crippen molar-refractivity contribution >= 4 is 35.7 Å². The van der Waals surface area contributed by atoms with Gasteiger partial charge in [-0.15, -0.1) is 0 Å². The van der Waals surface area contributed by atoms with Gasteiger partial charge in [0.05, 0.1) is 11.7 Å². The molecule has 270 valence electrons. The Morgan fingerprint density at radius 2 is 1.90 bits per heavy atom. The molecule has 0 amide bonds.